The molecule has 0 fully saturated rings. The molecule has 2 atom stereocenters. The van der Waals surface area contributed by atoms with Crippen LogP contribution in [-0.4, -0.2) is 83.2 Å². The van der Waals surface area contributed by atoms with Gasteiger partial charge in [0.25, 0.3) is 11.8 Å². The summed E-state index contributed by atoms with van der Waals surface area (Å²) in [5.74, 6) is -3.47. The fraction of sp³-hybridized carbons (Fsp3) is 0.591. The number of nitrogens with zero attached hydrogens (tertiary/aromatic N) is 1. The average Bonchev–Trinajstić information content (AvgIpc) is 3.14. The highest BCUT2D eigenvalue weighted by Gasteiger charge is 2.26. The number of amides is 4. The number of unbranched alkanes of at least 4 members (excludes halogenated alkanes) is 2. The van der Waals surface area contributed by atoms with Gasteiger partial charge in [-0.3, -0.25) is 34.9 Å². The predicted molar refractivity (Wildman–Crippen MR) is 134 cm³/mol. The molecule has 0 bridgehead atoms. The molecular weight excluding hydrogens is 486 g/mol. The van der Waals surface area contributed by atoms with Crippen LogP contribution in [0.25, 0.3) is 0 Å². The van der Waals surface area contributed by atoms with Crippen LogP contribution in [0.3, 0.4) is 0 Å². The predicted octanol–water partition coefficient (Wildman–Crippen LogP) is -1.95. The van der Waals surface area contributed by atoms with Crippen molar-refractivity contribution in [3.05, 3.63) is 12.2 Å². The van der Waals surface area contributed by atoms with E-state index in [4.69, 9.17) is 22.3 Å². The Morgan fingerprint density at radius 1 is 0.838 bits per heavy atom. The third kappa shape index (κ3) is 12.9. The van der Waals surface area contributed by atoms with Crippen molar-refractivity contribution >= 4 is 41.5 Å². The van der Waals surface area contributed by atoms with Crippen molar-refractivity contribution in [1.29, 1.82) is 10.8 Å². The minimum atomic E-state index is -1.23. The van der Waals surface area contributed by atoms with E-state index in [2.05, 4.69) is 21.3 Å². The summed E-state index contributed by atoms with van der Waals surface area (Å²) in [6.07, 6.45) is 5.10. The van der Waals surface area contributed by atoms with E-state index >= 15 is 0 Å². The lowest BCUT2D eigenvalue weighted by Gasteiger charge is -2.22. The molecular formula is C22H37N9O6. The minimum absolute atomic E-state index is 0.0887. The first kappa shape index (κ1) is 30.9. The molecule has 0 aromatic rings. The van der Waals surface area contributed by atoms with Crippen molar-refractivity contribution in [1.82, 2.24) is 26.2 Å². The van der Waals surface area contributed by atoms with Gasteiger partial charge in [-0.15, -0.1) is 0 Å². The molecule has 15 heteroatoms. The van der Waals surface area contributed by atoms with Gasteiger partial charge in [0.1, 0.15) is 12.1 Å². The van der Waals surface area contributed by atoms with Crippen LogP contribution in [0, 0.1) is 10.8 Å². The highest BCUT2D eigenvalue weighted by molar-refractivity contribution is 6.12. The van der Waals surface area contributed by atoms with Crippen LogP contribution in [0.1, 0.15) is 51.4 Å². The van der Waals surface area contributed by atoms with Crippen molar-refractivity contribution in [3.63, 3.8) is 0 Å². The van der Waals surface area contributed by atoms with Gasteiger partial charge >= 0.3 is 5.97 Å². The molecule has 1 aliphatic heterocycles. The summed E-state index contributed by atoms with van der Waals surface area (Å²) in [4.78, 5) is 61.1. The maximum atomic E-state index is 12.8. The Bertz CT molecular complexity index is 874. The van der Waals surface area contributed by atoms with Crippen LogP contribution < -0.4 is 32.7 Å². The van der Waals surface area contributed by atoms with Crippen LogP contribution in [-0.2, 0) is 24.0 Å². The van der Waals surface area contributed by atoms with Gasteiger partial charge in [0.15, 0.2) is 11.9 Å². The Kier molecular flexibility index (Phi) is 13.8. The van der Waals surface area contributed by atoms with E-state index in [-0.39, 0.29) is 62.6 Å². The summed E-state index contributed by atoms with van der Waals surface area (Å²) in [6, 6.07) is -2.19. The van der Waals surface area contributed by atoms with Crippen molar-refractivity contribution in [2.75, 3.05) is 19.6 Å². The summed E-state index contributed by atoms with van der Waals surface area (Å²) >= 11 is 0. The van der Waals surface area contributed by atoms with E-state index in [9.17, 15) is 29.1 Å². The van der Waals surface area contributed by atoms with Crippen LogP contribution in [0.15, 0.2) is 12.2 Å². The Morgan fingerprint density at radius 3 is 1.89 bits per heavy atom. The van der Waals surface area contributed by atoms with Gasteiger partial charge < -0.3 is 37.8 Å². The number of aliphatic carboxylic acids is 1. The highest BCUT2D eigenvalue weighted by atomic mass is 16.4. The first-order valence-corrected chi connectivity index (χ1v) is 12.0. The van der Waals surface area contributed by atoms with E-state index in [0.29, 0.717) is 32.1 Å². The average molecular weight is 524 g/mol. The highest BCUT2D eigenvalue weighted by Crippen LogP contribution is 2.08. The van der Waals surface area contributed by atoms with Crippen molar-refractivity contribution < 1.29 is 29.1 Å². The number of hydrogen-bond acceptors (Lipinski definition) is 7. The molecule has 0 saturated heterocycles. The quantitative estimate of drug-likeness (QED) is 0.0415. The van der Waals surface area contributed by atoms with Crippen LogP contribution in [0.2, 0.25) is 0 Å². The van der Waals surface area contributed by atoms with Gasteiger partial charge in [-0.2, -0.15) is 0 Å². The van der Waals surface area contributed by atoms with Crippen LogP contribution in [0.5, 0.6) is 0 Å². The second-order valence-corrected chi connectivity index (χ2v) is 8.46. The number of carboxylic acid groups (broad SMARTS) is 1. The summed E-state index contributed by atoms with van der Waals surface area (Å²) in [7, 11) is 0. The van der Waals surface area contributed by atoms with E-state index in [1.807, 2.05) is 0 Å². The Balaban J connectivity index is 2.56. The molecule has 1 aliphatic rings. The minimum Gasteiger partial charge on any atom is -0.480 e. The first-order chi connectivity index (χ1) is 17.5. The summed E-state index contributed by atoms with van der Waals surface area (Å²) in [5, 5.41) is 34.0. The van der Waals surface area contributed by atoms with E-state index in [1.54, 1.807) is 0 Å². The molecule has 0 saturated carbocycles. The van der Waals surface area contributed by atoms with Crippen LogP contribution >= 0.6 is 0 Å². The number of hydrogen-bond donors (Lipinski definition) is 9. The lowest BCUT2D eigenvalue weighted by atomic mass is 10.1. The second kappa shape index (κ2) is 16.5. The van der Waals surface area contributed by atoms with Crippen LogP contribution in [0.4, 0.5) is 0 Å². The number of carbonyl (C=O) groups excluding carboxylic acids is 4. The van der Waals surface area contributed by atoms with Crippen molar-refractivity contribution in [3.8, 4) is 0 Å². The van der Waals surface area contributed by atoms with E-state index < -0.39 is 29.9 Å². The smallest absolute Gasteiger partial charge is 0.326 e. The largest absolute Gasteiger partial charge is 0.480 e. The Labute approximate surface area is 214 Å². The lowest BCUT2D eigenvalue weighted by Crippen LogP contribution is -2.52. The topological polar surface area (TPSA) is 257 Å². The number of rotatable bonds is 18. The Hall–Kier alpha value is -4.17. The molecule has 1 heterocycles. The molecule has 11 N–H and O–H groups in total. The third-order valence-electron chi connectivity index (χ3n) is 5.42. The van der Waals surface area contributed by atoms with Gasteiger partial charge in [0.05, 0.1) is 0 Å². The molecule has 15 nitrogen and oxygen atoms in total. The number of nitrogens with two attached hydrogens (primary N) is 2. The van der Waals surface area contributed by atoms with Gasteiger partial charge in [-0.25, -0.2) is 4.79 Å². The molecule has 1 rings (SSSR count). The zero-order chi connectivity index (χ0) is 27.8. The normalized spacial score (nSPS) is 14.1. The maximum Gasteiger partial charge on any atom is 0.326 e. The number of nitrogens with one attached hydrogen (secondary N) is 6. The molecule has 0 aromatic carbocycles. The SMILES string of the molecule is N=C(N)NCCC[C@H](NC(=O)[C@H](CCCNC(=N)N)NC(=O)CCCCCN1C(=O)C=CC1=O)C(=O)O. The molecule has 206 valence electrons. The summed E-state index contributed by atoms with van der Waals surface area (Å²) < 4.78 is 0. The fourth-order valence-electron chi connectivity index (χ4n) is 3.51. The van der Waals surface area contributed by atoms with Gasteiger partial charge in [-0.1, -0.05) is 6.42 Å². The number of guanidine groups is 2. The maximum absolute atomic E-state index is 12.8. The zero-order valence-corrected chi connectivity index (χ0v) is 20.7. The molecule has 0 spiro atoms. The monoisotopic (exact) mass is 523 g/mol. The first-order valence-electron chi connectivity index (χ1n) is 12.0. The fourth-order valence-corrected chi connectivity index (χ4v) is 3.51. The number of carbonyl (C=O) groups is 5. The molecule has 0 unspecified atom stereocenters. The second-order valence-electron chi connectivity index (χ2n) is 8.46. The van der Waals surface area contributed by atoms with E-state index in [1.165, 1.54) is 12.2 Å². The lowest BCUT2D eigenvalue weighted by molar-refractivity contribution is -0.142. The number of imide groups is 1. The van der Waals surface area contributed by atoms with Crippen molar-refractivity contribution in [2.24, 2.45) is 11.5 Å². The van der Waals surface area contributed by atoms with Gasteiger partial charge in [0.2, 0.25) is 11.8 Å². The third-order valence-corrected chi connectivity index (χ3v) is 5.42. The van der Waals surface area contributed by atoms with E-state index in [0.717, 1.165) is 4.90 Å². The molecule has 4 amide bonds. The summed E-state index contributed by atoms with van der Waals surface area (Å²) in [6.45, 7) is 0.818. The van der Waals surface area contributed by atoms with Gasteiger partial charge in [0, 0.05) is 38.2 Å². The zero-order valence-electron chi connectivity index (χ0n) is 20.7. The molecule has 0 aromatic heterocycles. The standard InChI is InChI=1S/C22H37N9O6/c23-21(24)27-11-4-6-14(19(35)30-15(20(36)37)7-5-12-28-22(25)26)29-16(32)8-2-1-3-13-31-17(33)9-10-18(31)34/h9-10,14-15H,1-8,11-13H2,(H,29,32)(H,30,35)(H,36,37)(H4,23,24,27)(H4,25,26,28)/t14-,15-/m0/s1. The molecule has 37 heavy (non-hydrogen) atoms. The molecule has 0 aliphatic carbocycles. The Morgan fingerprint density at radius 2 is 1.38 bits per heavy atom. The van der Waals surface area contributed by atoms with Gasteiger partial charge in [-0.05, 0) is 38.5 Å². The summed E-state index contributed by atoms with van der Waals surface area (Å²) in [5.41, 5.74) is 10.4. The molecule has 0 radical (unpaired) electrons. The number of carboxylic acids is 1. The van der Waals surface area contributed by atoms with Crippen molar-refractivity contribution in [2.45, 2.75) is 63.5 Å².